The molecule has 0 aliphatic carbocycles. The molecule has 33 heavy (non-hydrogen) atoms. The van der Waals surface area contributed by atoms with Crippen molar-refractivity contribution in [2.45, 2.75) is 44.6 Å². The van der Waals surface area contributed by atoms with Crippen LogP contribution in [0, 0.1) is 0 Å². The van der Waals surface area contributed by atoms with Crippen LogP contribution in [0.15, 0.2) is 42.6 Å². The van der Waals surface area contributed by atoms with E-state index in [1.807, 2.05) is 24.3 Å². The van der Waals surface area contributed by atoms with E-state index in [1.165, 1.54) is 0 Å². The molecule has 0 bridgehead atoms. The number of carbonyl (C=O) groups excluding carboxylic acids is 2. The smallest absolute Gasteiger partial charge is 0.258 e. The van der Waals surface area contributed by atoms with E-state index in [-0.39, 0.29) is 24.4 Å². The second-order valence-corrected chi connectivity index (χ2v) is 8.46. The number of aromatic nitrogens is 1. The van der Waals surface area contributed by atoms with Gasteiger partial charge >= 0.3 is 0 Å². The predicted molar refractivity (Wildman–Crippen MR) is 126 cm³/mol. The van der Waals surface area contributed by atoms with Crippen LogP contribution in [0.5, 0.6) is 5.75 Å². The molecule has 2 amide bonds. The highest BCUT2D eigenvalue weighted by Crippen LogP contribution is 2.29. The second kappa shape index (κ2) is 11.7. The molecule has 0 radical (unpaired) electrons. The highest BCUT2D eigenvalue weighted by atomic mass is 16.5. The number of amides is 2. The molecule has 2 aromatic rings. The molecule has 8 nitrogen and oxygen atoms in total. The molecule has 2 aliphatic rings. The van der Waals surface area contributed by atoms with E-state index in [9.17, 15) is 9.59 Å². The number of benzene rings is 1. The largest absolute Gasteiger partial charge is 0.491 e. The molecule has 1 aromatic carbocycles. The van der Waals surface area contributed by atoms with Crippen molar-refractivity contribution in [3.8, 4) is 5.75 Å². The second-order valence-electron chi connectivity index (χ2n) is 8.46. The van der Waals surface area contributed by atoms with Gasteiger partial charge in [-0.05, 0) is 49.9 Å². The monoisotopic (exact) mass is 452 g/mol. The van der Waals surface area contributed by atoms with E-state index < -0.39 is 0 Å². The van der Waals surface area contributed by atoms with Gasteiger partial charge in [0.15, 0.2) is 0 Å². The first kappa shape index (κ1) is 23.0. The molecule has 2 aliphatic heterocycles. The van der Waals surface area contributed by atoms with E-state index in [2.05, 4.69) is 15.6 Å². The third-order valence-electron chi connectivity index (χ3n) is 5.97. The molecule has 8 heteroatoms. The van der Waals surface area contributed by atoms with Gasteiger partial charge in [0.05, 0.1) is 24.4 Å². The maximum Gasteiger partial charge on any atom is 0.258 e. The van der Waals surface area contributed by atoms with E-state index in [0.29, 0.717) is 37.7 Å². The molecule has 1 saturated heterocycles. The third-order valence-corrected chi connectivity index (χ3v) is 5.97. The van der Waals surface area contributed by atoms with Gasteiger partial charge in [0.1, 0.15) is 11.6 Å². The van der Waals surface area contributed by atoms with Crippen molar-refractivity contribution in [3.05, 3.63) is 48.2 Å². The average Bonchev–Trinajstić information content (AvgIpc) is 2.84. The maximum atomic E-state index is 13.6. The van der Waals surface area contributed by atoms with Crippen LogP contribution in [0.2, 0.25) is 0 Å². The van der Waals surface area contributed by atoms with Gasteiger partial charge in [-0.1, -0.05) is 25.0 Å². The summed E-state index contributed by atoms with van der Waals surface area (Å²) < 4.78 is 11.3. The maximum absolute atomic E-state index is 13.6. The van der Waals surface area contributed by atoms with Gasteiger partial charge in [-0.15, -0.1) is 0 Å². The molecular weight excluding hydrogens is 420 g/mol. The Balaban J connectivity index is 1.55. The summed E-state index contributed by atoms with van der Waals surface area (Å²) in [6.07, 6.45) is 6.99. The van der Waals surface area contributed by atoms with Crippen LogP contribution in [0.25, 0.3) is 0 Å². The first-order valence-electron chi connectivity index (χ1n) is 11.8. The SMILES string of the molecule is O=C(CN1CCCCCCOc2ccccc2Nc2ncccc2C1=O)NC1CCOCC1. The molecule has 4 rings (SSSR count). The number of hydrogen-bond acceptors (Lipinski definition) is 6. The fourth-order valence-corrected chi connectivity index (χ4v) is 4.15. The summed E-state index contributed by atoms with van der Waals surface area (Å²) in [6, 6.07) is 11.2. The third kappa shape index (κ3) is 6.44. The predicted octanol–water partition coefficient (Wildman–Crippen LogP) is 3.52. The number of fused-ring (bicyclic) bond motifs is 2. The van der Waals surface area contributed by atoms with Gasteiger partial charge in [0.25, 0.3) is 5.91 Å². The number of nitrogens with zero attached hydrogens (tertiary/aromatic N) is 2. The fourth-order valence-electron chi connectivity index (χ4n) is 4.15. The van der Waals surface area contributed by atoms with Crippen LogP contribution in [0.3, 0.4) is 0 Å². The quantitative estimate of drug-likeness (QED) is 0.740. The van der Waals surface area contributed by atoms with Crippen molar-refractivity contribution in [1.29, 1.82) is 0 Å². The van der Waals surface area contributed by atoms with E-state index in [0.717, 1.165) is 50.0 Å². The van der Waals surface area contributed by atoms with Crippen molar-refractivity contribution in [2.75, 3.05) is 38.2 Å². The summed E-state index contributed by atoms with van der Waals surface area (Å²) in [6.45, 7) is 2.49. The lowest BCUT2D eigenvalue weighted by Gasteiger charge is -2.27. The number of nitrogens with one attached hydrogen (secondary N) is 2. The van der Waals surface area contributed by atoms with Crippen LogP contribution < -0.4 is 15.4 Å². The molecule has 176 valence electrons. The number of ether oxygens (including phenoxy) is 2. The molecule has 0 spiro atoms. The Hall–Kier alpha value is -3.13. The number of para-hydroxylation sites is 2. The summed E-state index contributed by atoms with van der Waals surface area (Å²) >= 11 is 0. The lowest BCUT2D eigenvalue weighted by atomic mass is 10.1. The average molecular weight is 453 g/mol. The standard InChI is InChI=1S/C25H32N4O4/c30-23(27-19-11-16-32-17-12-19)18-29-14-5-1-2-6-15-33-22-10-4-3-9-21(22)28-24-20(25(29)31)8-7-13-26-24/h3-4,7-10,13,19H,1-2,5-6,11-12,14-18H2,(H,26,28)(H,27,30). The van der Waals surface area contributed by atoms with Gasteiger partial charge in [-0.2, -0.15) is 0 Å². The van der Waals surface area contributed by atoms with Crippen molar-refractivity contribution in [2.24, 2.45) is 0 Å². The van der Waals surface area contributed by atoms with Crippen LogP contribution >= 0.6 is 0 Å². The molecule has 0 saturated carbocycles. The molecular formula is C25H32N4O4. The summed E-state index contributed by atoms with van der Waals surface area (Å²) in [5, 5.41) is 6.33. The minimum atomic E-state index is -0.205. The minimum absolute atomic E-state index is 0.0320. The molecule has 0 atom stereocenters. The fraction of sp³-hybridized carbons (Fsp3) is 0.480. The zero-order valence-electron chi connectivity index (χ0n) is 18.9. The van der Waals surface area contributed by atoms with E-state index >= 15 is 0 Å². The Bertz CT molecular complexity index is 946. The number of anilines is 2. The van der Waals surface area contributed by atoms with Crippen molar-refractivity contribution in [1.82, 2.24) is 15.2 Å². The Morgan fingerprint density at radius 1 is 1.06 bits per heavy atom. The first-order valence-corrected chi connectivity index (χ1v) is 11.8. The number of pyridine rings is 1. The van der Waals surface area contributed by atoms with Crippen LogP contribution in [0.1, 0.15) is 48.9 Å². The summed E-state index contributed by atoms with van der Waals surface area (Å²) in [7, 11) is 0. The highest BCUT2D eigenvalue weighted by Gasteiger charge is 2.24. The molecule has 0 unspecified atom stereocenters. The van der Waals surface area contributed by atoms with Crippen molar-refractivity contribution >= 4 is 23.3 Å². The van der Waals surface area contributed by atoms with Crippen molar-refractivity contribution < 1.29 is 19.1 Å². The van der Waals surface area contributed by atoms with Gasteiger partial charge in [0, 0.05) is 32.0 Å². The molecule has 1 fully saturated rings. The van der Waals surface area contributed by atoms with E-state index in [1.54, 1.807) is 23.2 Å². The van der Waals surface area contributed by atoms with Gasteiger partial charge in [0.2, 0.25) is 5.91 Å². The van der Waals surface area contributed by atoms with E-state index in [4.69, 9.17) is 9.47 Å². The molecule has 1 aromatic heterocycles. The first-order chi connectivity index (χ1) is 16.2. The Kier molecular flexibility index (Phi) is 8.14. The Morgan fingerprint density at radius 2 is 1.88 bits per heavy atom. The van der Waals surface area contributed by atoms with Crippen LogP contribution in [-0.4, -0.2) is 60.7 Å². The summed E-state index contributed by atoms with van der Waals surface area (Å²) in [4.78, 5) is 32.4. The molecule has 2 N–H and O–H groups in total. The lowest BCUT2D eigenvalue weighted by molar-refractivity contribution is -0.123. The van der Waals surface area contributed by atoms with Crippen LogP contribution in [-0.2, 0) is 9.53 Å². The zero-order valence-corrected chi connectivity index (χ0v) is 18.9. The molecule has 3 heterocycles. The zero-order chi connectivity index (χ0) is 22.9. The van der Waals surface area contributed by atoms with Gasteiger partial charge < -0.3 is 25.0 Å². The van der Waals surface area contributed by atoms with Crippen molar-refractivity contribution in [3.63, 3.8) is 0 Å². The number of carbonyl (C=O) groups is 2. The number of rotatable bonds is 3. The normalized spacial score (nSPS) is 18.2. The van der Waals surface area contributed by atoms with Gasteiger partial charge in [-0.25, -0.2) is 4.98 Å². The lowest BCUT2D eigenvalue weighted by Crippen LogP contribution is -2.46. The summed E-state index contributed by atoms with van der Waals surface area (Å²) in [5.74, 6) is 0.841. The Labute approximate surface area is 194 Å². The van der Waals surface area contributed by atoms with Gasteiger partial charge in [-0.3, -0.25) is 9.59 Å². The Morgan fingerprint density at radius 3 is 2.76 bits per heavy atom. The van der Waals surface area contributed by atoms with Crippen LogP contribution in [0.4, 0.5) is 11.5 Å². The number of hydrogen-bond donors (Lipinski definition) is 2. The topological polar surface area (TPSA) is 92.8 Å². The summed E-state index contributed by atoms with van der Waals surface area (Å²) in [5.41, 5.74) is 1.19. The highest BCUT2D eigenvalue weighted by molar-refractivity contribution is 6.01. The minimum Gasteiger partial charge on any atom is -0.491 e.